The van der Waals surface area contributed by atoms with Gasteiger partial charge in [0, 0.05) is 53.4 Å². The average Bonchev–Trinajstić information content (AvgIpc) is 3.75. The SMILES string of the molecule is C=CC(=O)N1C2CCC1CN(c1nc(OCC34CCCN3CCC4)cc3cc(-c4cc(O)cc(Cl)c4C4CC4)ncc13)C2.CC.CC.CCC.CN.CNC. The van der Waals surface area contributed by atoms with Crippen molar-refractivity contribution in [1.82, 2.24) is 25.1 Å². The first kappa shape index (κ1) is 45.9. The van der Waals surface area contributed by atoms with Gasteiger partial charge in [0.25, 0.3) is 0 Å². The van der Waals surface area contributed by atoms with E-state index >= 15 is 0 Å². The molecular weight excluding hydrogens is 710 g/mol. The maximum absolute atomic E-state index is 12.7. The number of fused-ring (bicyclic) bond motifs is 4. The van der Waals surface area contributed by atoms with Crippen LogP contribution in [-0.4, -0.2) is 102 Å². The molecule has 10 nitrogen and oxygen atoms in total. The van der Waals surface area contributed by atoms with Crippen LogP contribution in [0.3, 0.4) is 0 Å². The van der Waals surface area contributed by atoms with Gasteiger partial charge in [-0.05, 0) is 127 Å². The number of halogens is 1. The number of amides is 1. The van der Waals surface area contributed by atoms with E-state index in [1.165, 1.54) is 45.2 Å². The third-order valence-electron chi connectivity index (χ3n) is 10.6. The number of phenolic OH excluding ortho intramolecular Hbond substituents is 1. The highest BCUT2D eigenvalue weighted by atomic mass is 35.5. The molecule has 5 fully saturated rings. The zero-order valence-corrected chi connectivity index (χ0v) is 36.0. The van der Waals surface area contributed by atoms with Gasteiger partial charge in [-0.1, -0.05) is 66.1 Å². The van der Waals surface area contributed by atoms with Crippen LogP contribution in [0.5, 0.6) is 11.6 Å². The molecule has 2 atom stereocenters. The van der Waals surface area contributed by atoms with E-state index in [1.807, 2.05) is 59.0 Å². The highest BCUT2D eigenvalue weighted by molar-refractivity contribution is 6.32. The quantitative estimate of drug-likeness (QED) is 0.202. The predicted molar refractivity (Wildman–Crippen MR) is 232 cm³/mol. The second kappa shape index (κ2) is 22.3. The Balaban J connectivity index is 0.000000613. The minimum Gasteiger partial charge on any atom is -0.508 e. The number of nitrogens with two attached hydrogens (primary N) is 1. The molecular formula is C44H70ClN7O3. The molecule has 4 saturated heterocycles. The van der Waals surface area contributed by atoms with E-state index in [0.717, 1.165) is 85.3 Å². The number of benzene rings is 1. The number of carbonyl (C=O) groups is 1. The summed E-state index contributed by atoms with van der Waals surface area (Å²) in [6.07, 6.45) is 13.5. The Hall–Kier alpha value is -3.44. The second-order valence-electron chi connectivity index (χ2n) is 14.4. The van der Waals surface area contributed by atoms with E-state index < -0.39 is 0 Å². The first-order valence-corrected chi connectivity index (χ1v) is 21.2. The number of nitrogens with one attached hydrogen (secondary N) is 1. The highest BCUT2D eigenvalue weighted by Gasteiger charge is 2.45. The van der Waals surface area contributed by atoms with Gasteiger partial charge in [-0.3, -0.25) is 14.7 Å². The smallest absolute Gasteiger partial charge is 0.246 e. The van der Waals surface area contributed by atoms with Crippen LogP contribution in [0.15, 0.2) is 43.1 Å². The van der Waals surface area contributed by atoms with Gasteiger partial charge < -0.3 is 30.7 Å². The van der Waals surface area contributed by atoms with Crippen LogP contribution < -0.4 is 20.7 Å². The molecule has 306 valence electrons. The van der Waals surface area contributed by atoms with Crippen molar-refractivity contribution in [3.8, 4) is 22.9 Å². The number of nitrogens with zero attached hydrogens (tertiary/aromatic N) is 5. The molecule has 5 aliphatic rings. The lowest BCUT2D eigenvalue weighted by Crippen LogP contribution is -2.55. The fraction of sp³-hybridized carbons (Fsp3) is 0.614. The Kier molecular flexibility index (Phi) is 18.7. The summed E-state index contributed by atoms with van der Waals surface area (Å²) in [5.74, 6) is 2.04. The third-order valence-corrected chi connectivity index (χ3v) is 10.9. The van der Waals surface area contributed by atoms with Crippen LogP contribution in [0.25, 0.3) is 22.0 Å². The largest absolute Gasteiger partial charge is 0.508 e. The number of rotatable bonds is 7. The van der Waals surface area contributed by atoms with Gasteiger partial charge in [-0.25, -0.2) is 0 Å². The number of aromatic nitrogens is 2. The molecule has 4 N–H and O–H groups in total. The maximum Gasteiger partial charge on any atom is 0.246 e. The molecule has 11 heteroatoms. The molecule has 6 heterocycles. The third kappa shape index (κ3) is 10.7. The Morgan fingerprint density at radius 2 is 1.60 bits per heavy atom. The lowest BCUT2D eigenvalue weighted by Gasteiger charge is -2.41. The van der Waals surface area contributed by atoms with Gasteiger partial charge in [0.2, 0.25) is 11.8 Å². The number of carbonyl (C=O) groups excluding carboxylic acids is 1. The predicted octanol–water partition coefficient (Wildman–Crippen LogP) is 8.79. The Morgan fingerprint density at radius 3 is 2.15 bits per heavy atom. The molecule has 1 aromatic carbocycles. The highest BCUT2D eigenvalue weighted by Crippen LogP contribution is 2.49. The van der Waals surface area contributed by atoms with Crippen molar-refractivity contribution < 1.29 is 14.6 Å². The molecule has 55 heavy (non-hydrogen) atoms. The van der Waals surface area contributed by atoms with Gasteiger partial charge in [0.15, 0.2) is 0 Å². The summed E-state index contributed by atoms with van der Waals surface area (Å²) in [6, 6.07) is 7.83. The molecule has 0 spiro atoms. The molecule has 8 rings (SSSR count). The molecule has 2 aromatic heterocycles. The van der Waals surface area contributed by atoms with E-state index in [9.17, 15) is 9.90 Å². The summed E-state index contributed by atoms with van der Waals surface area (Å²) in [7, 11) is 5.25. The van der Waals surface area contributed by atoms with Gasteiger partial charge >= 0.3 is 0 Å². The summed E-state index contributed by atoms with van der Waals surface area (Å²) in [5, 5.41) is 15.7. The summed E-state index contributed by atoms with van der Waals surface area (Å²) >= 11 is 6.65. The van der Waals surface area contributed by atoms with Crippen molar-refractivity contribution in [2.24, 2.45) is 5.73 Å². The van der Waals surface area contributed by atoms with Gasteiger partial charge in [0.05, 0.1) is 11.2 Å². The number of hydrogen-bond acceptors (Lipinski definition) is 9. The van der Waals surface area contributed by atoms with Gasteiger partial charge in [-0.15, -0.1) is 0 Å². The standard InChI is InChI=1S/C34H38ClN5O3.C3H8.C2H7N.2C2H6.CH5N/c1-2-31(42)40-23-7-8-24(40)19-38(18-23)33-27-17-36-29(26-15-25(41)16-28(35)32(26)21-5-6-21)13-22(27)14-30(37-33)43-20-34-9-3-11-39(34)12-4-10-34;2*1-3-2;3*1-2/h2,13-17,21,23-24,41H,1,3-12,18-20H2;3H2,1-2H3;3H,1-2H3;2*1-2H3;2H2,1H3. The minimum atomic E-state index is 0.0153. The van der Waals surface area contributed by atoms with E-state index in [1.54, 1.807) is 12.1 Å². The van der Waals surface area contributed by atoms with Gasteiger partial charge in [0.1, 0.15) is 18.2 Å². The Bertz CT molecular complexity index is 1640. The van der Waals surface area contributed by atoms with E-state index in [4.69, 9.17) is 26.3 Å². The molecule has 1 saturated carbocycles. The molecule has 1 aliphatic carbocycles. The van der Waals surface area contributed by atoms with Gasteiger partial charge in [-0.2, -0.15) is 4.98 Å². The van der Waals surface area contributed by atoms with Crippen LogP contribution in [0.4, 0.5) is 5.82 Å². The van der Waals surface area contributed by atoms with Crippen LogP contribution >= 0.6 is 11.6 Å². The normalized spacial score (nSPS) is 20.1. The van der Waals surface area contributed by atoms with Crippen molar-refractivity contribution in [1.29, 1.82) is 0 Å². The fourth-order valence-electron chi connectivity index (χ4n) is 8.38. The molecule has 3 aromatic rings. The Labute approximate surface area is 336 Å². The number of anilines is 1. The summed E-state index contributed by atoms with van der Waals surface area (Å²) in [6.45, 7) is 20.4. The summed E-state index contributed by atoms with van der Waals surface area (Å²) in [5.41, 5.74) is 7.36. The number of piperazine rings is 1. The number of hydrogen-bond donors (Lipinski definition) is 3. The lowest BCUT2D eigenvalue weighted by molar-refractivity contribution is -0.129. The lowest BCUT2D eigenvalue weighted by atomic mass is 9.95. The molecule has 2 bridgehead atoms. The van der Waals surface area contributed by atoms with E-state index in [-0.39, 0.29) is 29.3 Å². The summed E-state index contributed by atoms with van der Waals surface area (Å²) in [4.78, 5) is 29.6. The van der Waals surface area contributed by atoms with Crippen molar-refractivity contribution in [2.75, 3.05) is 58.8 Å². The van der Waals surface area contributed by atoms with Crippen LogP contribution in [0.2, 0.25) is 5.02 Å². The first-order chi connectivity index (χ1) is 26.7. The molecule has 2 unspecified atom stereocenters. The fourth-order valence-corrected chi connectivity index (χ4v) is 8.75. The van der Waals surface area contributed by atoms with Crippen LogP contribution in [0.1, 0.15) is 111 Å². The first-order valence-electron chi connectivity index (χ1n) is 20.8. The van der Waals surface area contributed by atoms with E-state index in [2.05, 4.69) is 47.3 Å². The minimum absolute atomic E-state index is 0.0153. The van der Waals surface area contributed by atoms with Crippen LogP contribution in [-0.2, 0) is 4.79 Å². The van der Waals surface area contributed by atoms with Crippen molar-refractivity contribution in [2.45, 2.75) is 123 Å². The van der Waals surface area contributed by atoms with Crippen molar-refractivity contribution in [3.63, 3.8) is 0 Å². The zero-order valence-electron chi connectivity index (χ0n) is 35.3. The average molecular weight is 781 g/mol. The summed E-state index contributed by atoms with van der Waals surface area (Å²) < 4.78 is 6.60. The zero-order chi connectivity index (χ0) is 40.7. The molecule has 4 aliphatic heterocycles. The number of phenols is 1. The van der Waals surface area contributed by atoms with Crippen molar-refractivity contribution >= 4 is 34.1 Å². The topological polar surface area (TPSA) is 120 Å². The second-order valence-corrected chi connectivity index (χ2v) is 14.8. The van der Waals surface area contributed by atoms with Crippen LogP contribution in [0, 0.1) is 0 Å². The van der Waals surface area contributed by atoms with Crippen molar-refractivity contribution in [3.05, 3.63) is 53.7 Å². The number of ether oxygens (including phenoxy) is 1. The number of aromatic hydroxyl groups is 1. The molecule has 1 amide bonds. The Morgan fingerprint density at radius 1 is 1.02 bits per heavy atom. The maximum atomic E-state index is 12.7. The number of pyridine rings is 2. The monoisotopic (exact) mass is 780 g/mol. The molecule has 0 radical (unpaired) electrons. The van der Waals surface area contributed by atoms with E-state index in [0.29, 0.717) is 23.4 Å².